The lowest BCUT2D eigenvalue weighted by Gasteiger charge is -2.21. The lowest BCUT2D eigenvalue weighted by molar-refractivity contribution is -0.121. The second kappa shape index (κ2) is 6.03. The smallest absolute Gasteiger partial charge is 0.255 e. The van der Waals surface area contributed by atoms with E-state index in [-0.39, 0.29) is 11.8 Å². The molecule has 1 saturated carbocycles. The monoisotopic (exact) mass is 289 g/mol. The van der Waals surface area contributed by atoms with Crippen molar-refractivity contribution in [3.8, 4) is 5.75 Å². The molecule has 0 spiro atoms. The number of fused-ring (bicyclic) bond motifs is 1. The fraction of sp³-hybridized carbons (Fsp3) is 0.467. The number of rotatable bonds is 5. The first-order valence-corrected chi connectivity index (χ1v) is 7.31. The van der Waals surface area contributed by atoms with Crippen molar-refractivity contribution < 1.29 is 14.3 Å². The molecule has 1 aliphatic carbocycles. The number of nitrogens with one attached hydrogen (secondary N) is 3. The van der Waals surface area contributed by atoms with Crippen molar-refractivity contribution >= 4 is 17.5 Å². The van der Waals surface area contributed by atoms with Gasteiger partial charge in [0.15, 0.2) is 5.75 Å². The van der Waals surface area contributed by atoms with Crippen LogP contribution >= 0.6 is 0 Å². The Kier molecular flexibility index (Phi) is 3.94. The maximum absolute atomic E-state index is 12.2. The summed E-state index contributed by atoms with van der Waals surface area (Å²) >= 11 is 0. The van der Waals surface area contributed by atoms with Crippen LogP contribution in [0.5, 0.6) is 5.75 Å². The van der Waals surface area contributed by atoms with E-state index in [2.05, 4.69) is 16.0 Å². The Morgan fingerprint density at radius 2 is 2.19 bits per heavy atom. The minimum Gasteiger partial charge on any atom is -0.489 e. The minimum atomic E-state index is -0.213. The van der Waals surface area contributed by atoms with Crippen LogP contribution in [0.15, 0.2) is 18.2 Å². The highest BCUT2D eigenvalue weighted by molar-refractivity contribution is 5.99. The summed E-state index contributed by atoms with van der Waals surface area (Å²) in [6.07, 6.45) is 2.44. The number of hydrogen-bond donors (Lipinski definition) is 3. The number of ether oxygens (including phenoxy) is 1. The molecule has 6 heteroatoms. The lowest BCUT2D eigenvalue weighted by Crippen LogP contribution is -2.32. The molecule has 6 nitrogen and oxygen atoms in total. The third-order valence-electron chi connectivity index (χ3n) is 3.50. The fourth-order valence-electron chi connectivity index (χ4n) is 2.26. The second-order valence-electron chi connectivity index (χ2n) is 5.31. The van der Waals surface area contributed by atoms with E-state index in [1.807, 2.05) is 12.1 Å². The average Bonchev–Trinajstić information content (AvgIpc) is 3.30. The van der Waals surface area contributed by atoms with Crippen LogP contribution < -0.4 is 20.7 Å². The first kappa shape index (κ1) is 13.7. The Morgan fingerprint density at radius 1 is 1.33 bits per heavy atom. The third-order valence-corrected chi connectivity index (χ3v) is 3.50. The molecule has 3 rings (SSSR count). The standard InChI is InChI=1S/C15H19N3O3/c19-13(18-10-4-5-10)6-7-17-15(20)11-2-1-3-12-14(11)21-9-8-16-12/h1-3,10,16H,4-9H2,(H,17,20)(H,18,19). The molecule has 1 aliphatic heterocycles. The van der Waals surface area contributed by atoms with Gasteiger partial charge in [-0.25, -0.2) is 0 Å². The van der Waals surface area contributed by atoms with Crippen LogP contribution in [0.25, 0.3) is 0 Å². The fourth-order valence-corrected chi connectivity index (χ4v) is 2.26. The van der Waals surface area contributed by atoms with Crippen molar-refractivity contribution in [2.24, 2.45) is 0 Å². The van der Waals surface area contributed by atoms with E-state index in [1.165, 1.54) is 0 Å². The number of para-hydroxylation sites is 1. The van der Waals surface area contributed by atoms with E-state index < -0.39 is 0 Å². The Bertz CT molecular complexity index is 555. The largest absolute Gasteiger partial charge is 0.489 e. The van der Waals surface area contributed by atoms with E-state index >= 15 is 0 Å². The molecule has 112 valence electrons. The van der Waals surface area contributed by atoms with E-state index in [0.29, 0.717) is 36.9 Å². The van der Waals surface area contributed by atoms with Gasteiger partial charge in [0.1, 0.15) is 6.61 Å². The summed E-state index contributed by atoms with van der Waals surface area (Å²) in [5, 5.41) is 8.85. The van der Waals surface area contributed by atoms with Crippen molar-refractivity contribution in [3.63, 3.8) is 0 Å². The van der Waals surface area contributed by atoms with Gasteiger partial charge in [0, 0.05) is 25.6 Å². The van der Waals surface area contributed by atoms with E-state index in [1.54, 1.807) is 6.07 Å². The number of hydrogen-bond acceptors (Lipinski definition) is 4. The van der Waals surface area contributed by atoms with Crippen molar-refractivity contribution in [2.45, 2.75) is 25.3 Å². The highest BCUT2D eigenvalue weighted by atomic mass is 16.5. The maximum atomic E-state index is 12.2. The molecule has 3 N–H and O–H groups in total. The molecule has 0 aromatic heterocycles. The van der Waals surface area contributed by atoms with Crippen LogP contribution in [-0.4, -0.2) is 37.6 Å². The van der Waals surface area contributed by atoms with Crippen LogP contribution in [0.3, 0.4) is 0 Å². The zero-order valence-corrected chi connectivity index (χ0v) is 11.8. The molecule has 0 unspecified atom stereocenters. The van der Waals surface area contributed by atoms with E-state index in [4.69, 9.17) is 4.74 Å². The maximum Gasteiger partial charge on any atom is 0.255 e. The van der Waals surface area contributed by atoms with Gasteiger partial charge in [-0.15, -0.1) is 0 Å². The van der Waals surface area contributed by atoms with Gasteiger partial charge in [-0.3, -0.25) is 9.59 Å². The van der Waals surface area contributed by atoms with E-state index in [0.717, 1.165) is 25.1 Å². The van der Waals surface area contributed by atoms with Gasteiger partial charge in [-0.1, -0.05) is 6.07 Å². The van der Waals surface area contributed by atoms with Crippen molar-refractivity contribution in [2.75, 3.05) is 25.0 Å². The Balaban J connectivity index is 1.54. The van der Waals surface area contributed by atoms with Gasteiger partial charge in [-0.05, 0) is 25.0 Å². The van der Waals surface area contributed by atoms with E-state index in [9.17, 15) is 9.59 Å². The van der Waals surface area contributed by atoms with Gasteiger partial charge >= 0.3 is 0 Å². The molecular formula is C15H19N3O3. The predicted molar refractivity (Wildman–Crippen MR) is 78.5 cm³/mol. The highest BCUT2D eigenvalue weighted by Crippen LogP contribution is 2.30. The number of benzene rings is 1. The molecule has 0 radical (unpaired) electrons. The number of carbonyl (C=O) groups excluding carboxylic acids is 2. The molecule has 21 heavy (non-hydrogen) atoms. The zero-order chi connectivity index (χ0) is 14.7. The quantitative estimate of drug-likeness (QED) is 0.752. The molecule has 0 bridgehead atoms. The van der Waals surface area contributed by atoms with Crippen molar-refractivity contribution in [1.29, 1.82) is 0 Å². The molecule has 1 heterocycles. The molecule has 0 atom stereocenters. The van der Waals surface area contributed by atoms with Gasteiger partial charge in [0.05, 0.1) is 11.3 Å². The van der Waals surface area contributed by atoms with Gasteiger partial charge < -0.3 is 20.7 Å². The van der Waals surface area contributed by atoms with Crippen LogP contribution in [0.1, 0.15) is 29.6 Å². The zero-order valence-electron chi connectivity index (χ0n) is 11.8. The normalized spacial score (nSPS) is 16.2. The Labute approximate surface area is 123 Å². The van der Waals surface area contributed by atoms with Gasteiger partial charge in [0.2, 0.25) is 5.91 Å². The molecule has 1 aromatic rings. The molecule has 2 aliphatic rings. The van der Waals surface area contributed by atoms with Gasteiger partial charge in [0.25, 0.3) is 5.91 Å². The average molecular weight is 289 g/mol. The van der Waals surface area contributed by atoms with Crippen LogP contribution in [0, 0.1) is 0 Å². The number of carbonyl (C=O) groups is 2. The van der Waals surface area contributed by atoms with Gasteiger partial charge in [-0.2, -0.15) is 0 Å². The summed E-state index contributed by atoms with van der Waals surface area (Å²) < 4.78 is 5.56. The number of amides is 2. The summed E-state index contributed by atoms with van der Waals surface area (Å²) in [6.45, 7) is 1.61. The summed E-state index contributed by atoms with van der Waals surface area (Å²) in [4.78, 5) is 23.7. The lowest BCUT2D eigenvalue weighted by atomic mass is 10.1. The Morgan fingerprint density at radius 3 is 3.00 bits per heavy atom. The SMILES string of the molecule is O=C(CCNC(=O)c1cccc2c1OCCN2)NC1CC1. The first-order valence-electron chi connectivity index (χ1n) is 7.31. The molecule has 2 amide bonds. The summed E-state index contributed by atoms with van der Waals surface area (Å²) in [6, 6.07) is 5.78. The summed E-state index contributed by atoms with van der Waals surface area (Å²) in [5.74, 6) is 0.365. The highest BCUT2D eigenvalue weighted by Gasteiger charge is 2.23. The van der Waals surface area contributed by atoms with Crippen molar-refractivity contribution in [1.82, 2.24) is 10.6 Å². The van der Waals surface area contributed by atoms with Crippen molar-refractivity contribution in [3.05, 3.63) is 23.8 Å². The second-order valence-corrected chi connectivity index (χ2v) is 5.31. The topological polar surface area (TPSA) is 79.5 Å². The van der Waals surface area contributed by atoms with Crippen LogP contribution in [0.2, 0.25) is 0 Å². The summed E-state index contributed by atoms with van der Waals surface area (Å²) in [5.41, 5.74) is 1.34. The molecule has 1 fully saturated rings. The predicted octanol–water partition coefficient (Wildman–Crippen LogP) is 0.889. The number of anilines is 1. The van der Waals surface area contributed by atoms with Crippen LogP contribution in [0.4, 0.5) is 5.69 Å². The first-order chi connectivity index (χ1) is 10.2. The Hall–Kier alpha value is -2.24. The third kappa shape index (κ3) is 3.45. The molecule has 1 aromatic carbocycles. The van der Waals surface area contributed by atoms with Crippen LogP contribution in [-0.2, 0) is 4.79 Å². The minimum absolute atomic E-state index is 0.00851. The summed E-state index contributed by atoms with van der Waals surface area (Å²) in [7, 11) is 0. The molecule has 0 saturated heterocycles. The molecular weight excluding hydrogens is 270 g/mol.